The van der Waals surface area contributed by atoms with Crippen LogP contribution in [-0.2, 0) is 6.61 Å². The van der Waals surface area contributed by atoms with E-state index in [-0.39, 0.29) is 6.61 Å². The van der Waals surface area contributed by atoms with Gasteiger partial charge in [-0.2, -0.15) is 0 Å². The largest absolute Gasteiger partial charge is 0.392 e. The summed E-state index contributed by atoms with van der Waals surface area (Å²) >= 11 is 1.72. The van der Waals surface area contributed by atoms with Crippen LogP contribution in [0.1, 0.15) is 11.1 Å². The predicted molar refractivity (Wildman–Crippen MR) is 60.4 cm³/mol. The monoisotopic (exact) mass is 204 g/mol. The van der Waals surface area contributed by atoms with E-state index in [1.807, 2.05) is 18.2 Å². The zero-order valence-electron chi connectivity index (χ0n) is 8.03. The van der Waals surface area contributed by atoms with Crippen molar-refractivity contribution in [3.63, 3.8) is 0 Å². The summed E-state index contributed by atoms with van der Waals surface area (Å²) in [6, 6.07) is 10.1. The van der Waals surface area contributed by atoms with Crippen LogP contribution < -0.4 is 0 Å². The molecular weight excluding hydrogens is 192 g/mol. The highest BCUT2D eigenvalue weighted by Crippen LogP contribution is 2.29. The first-order chi connectivity index (χ1) is 6.81. The van der Waals surface area contributed by atoms with Crippen molar-refractivity contribution in [2.24, 2.45) is 0 Å². The maximum atomic E-state index is 9.19. The summed E-state index contributed by atoms with van der Waals surface area (Å²) in [5.41, 5.74) is 3.42. The van der Waals surface area contributed by atoms with E-state index in [2.05, 4.69) is 24.4 Å². The van der Waals surface area contributed by atoms with Gasteiger partial charge in [-0.05, 0) is 35.1 Å². The van der Waals surface area contributed by atoms with Crippen molar-refractivity contribution in [1.29, 1.82) is 0 Å². The van der Waals surface area contributed by atoms with Crippen molar-refractivity contribution < 1.29 is 5.11 Å². The third kappa shape index (κ3) is 1.72. The second kappa shape index (κ2) is 3.95. The molecule has 0 aliphatic heterocycles. The van der Waals surface area contributed by atoms with E-state index in [9.17, 15) is 5.11 Å². The Morgan fingerprint density at radius 3 is 2.71 bits per heavy atom. The Labute approximate surface area is 87.7 Å². The number of aliphatic hydroxyl groups excluding tert-OH is 1. The van der Waals surface area contributed by atoms with Crippen LogP contribution >= 0.6 is 11.3 Å². The molecule has 1 aromatic carbocycles. The van der Waals surface area contributed by atoms with Crippen LogP contribution in [0.15, 0.2) is 35.7 Å². The summed E-state index contributed by atoms with van der Waals surface area (Å²) in [6.45, 7) is 2.19. The predicted octanol–water partition coefficient (Wildman–Crippen LogP) is 3.22. The second-order valence-electron chi connectivity index (χ2n) is 3.30. The summed E-state index contributed by atoms with van der Waals surface area (Å²) in [4.78, 5) is 1.23. The molecule has 0 fully saturated rings. The third-order valence-corrected chi connectivity index (χ3v) is 3.27. The maximum absolute atomic E-state index is 9.19. The standard InChI is InChI=1S/C12H12OS/c1-9-6-12(14-8-9)11-5-3-2-4-10(11)7-13/h2-6,8,13H,7H2,1H3. The van der Waals surface area contributed by atoms with Crippen LogP contribution in [0.5, 0.6) is 0 Å². The summed E-state index contributed by atoms with van der Waals surface area (Å²) in [7, 11) is 0. The van der Waals surface area contributed by atoms with Gasteiger partial charge in [0.1, 0.15) is 0 Å². The van der Waals surface area contributed by atoms with E-state index in [0.717, 1.165) is 11.1 Å². The summed E-state index contributed by atoms with van der Waals surface area (Å²) in [5, 5.41) is 11.3. The maximum Gasteiger partial charge on any atom is 0.0688 e. The molecule has 0 saturated heterocycles. The lowest BCUT2D eigenvalue weighted by Crippen LogP contribution is -1.86. The Kier molecular flexibility index (Phi) is 2.66. The van der Waals surface area contributed by atoms with Crippen LogP contribution in [0, 0.1) is 6.92 Å². The van der Waals surface area contributed by atoms with Gasteiger partial charge in [0.05, 0.1) is 6.61 Å². The normalized spacial score (nSPS) is 10.4. The summed E-state index contributed by atoms with van der Waals surface area (Å²) in [5.74, 6) is 0. The fraction of sp³-hybridized carbons (Fsp3) is 0.167. The molecule has 2 aromatic rings. The highest BCUT2D eigenvalue weighted by Gasteiger charge is 2.04. The molecule has 0 bridgehead atoms. The molecule has 1 N–H and O–H groups in total. The Morgan fingerprint density at radius 2 is 2.07 bits per heavy atom. The molecule has 0 saturated carbocycles. The number of aliphatic hydroxyl groups is 1. The molecule has 0 radical (unpaired) electrons. The van der Waals surface area contributed by atoms with Crippen LogP contribution in [0.25, 0.3) is 10.4 Å². The Bertz CT molecular complexity index is 431. The van der Waals surface area contributed by atoms with Crippen molar-refractivity contribution >= 4 is 11.3 Å². The van der Waals surface area contributed by atoms with Gasteiger partial charge in [0, 0.05) is 4.88 Å². The van der Waals surface area contributed by atoms with Gasteiger partial charge in [-0.15, -0.1) is 11.3 Å². The number of hydrogen-bond acceptors (Lipinski definition) is 2. The number of thiophene rings is 1. The molecule has 0 amide bonds. The minimum absolute atomic E-state index is 0.104. The Morgan fingerprint density at radius 1 is 1.29 bits per heavy atom. The van der Waals surface area contributed by atoms with Gasteiger partial charge in [0.25, 0.3) is 0 Å². The van der Waals surface area contributed by atoms with Gasteiger partial charge in [-0.1, -0.05) is 24.3 Å². The molecule has 14 heavy (non-hydrogen) atoms. The molecule has 0 atom stereocenters. The quantitative estimate of drug-likeness (QED) is 0.796. The molecule has 0 aliphatic rings. The lowest BCUT2D eigenvalue weighted by atomic mass is 10.1. The Balaban J connectivity index is 2.50. The molecule has 0 aliphatic carbocycles. The van der Waals surface area contributed by atoms with E-state index in [4.69, 9.17) is 0 Å². The van der Waals surface area contributed by atoms with Crippen LogP contribution in [0.4, 0.5) is 0 Å². The average molecular weight is 204 g/mol. The van der Waals surface area contributed by atoms with Crippen molar-refractivity contribution in [3.05, 3.63) is 46.8 Å². The first-order valence-electron chi connectivity index (χ1n) is 4.55. The van der Waals surface area contributed by atoms with Gasteiger partial charge in [0.15, 0.2) is 0 Å². The Hall–Kier alpha value is -1.12. The summed E-state index contributed by atoms with van der Waals surface area (Å²) < 4.78 is 0. The van der Waals surface area contributed by atoms with E-state index >= 15 is 0 Å². The number of aryl methyl sites for hydroxylation is 1. The zero-order chi connectivity index (χ0) is 9.97. The van der Waals surface area contributed by atoms with Crippen LogP contribution in [-0.4, -0.2) is 5.11 Å². The van der Waals surface area contributed by atoms with Gasteiger partial charge >= 0.3 is 0 Å². The fourth-order valence-corrected chi connectivity index (χ4v) is 2.43. The summed E-state index contributed by atoms with van der Waals surface area (Å²) in [6.07, 6.45) is 0. The topological polar surface area (TPSA) is 20.2 Å². The first kappa shape index (κ1) is 9.44. The molecular formula is C12H12OS. The molecule has 1 nitrogen and oxygen atoms in total. The number of hydrogen-bond donors (Lipinski definition) is 1. The SMILES string of the molecule is Cc1csc(-c2ccccc2CO)c1. The van der Waals surface area contributed by atoms with Crippen molar-refractivity contribution in [2.45, 2.75) is 13.5 Å². The van der Waals surface area contributed by atoms with Crippen molar-refractivity contribution in [2.75, 3.05) is 0 Å². The number of benzene rings is 1. The average Bonchev–Trinajstić information content (AvgIpc) is 2.65. The third-order valence-electron chi connectivity index (χ3n) is 2.18. The zero-order valence-corrected chi connectivity index (χ0v) is 8.84. The molecule has 0 unspecified atom stereocenters. The van der Waals surface area contributed by atoms with Gasteiger partial charge in [0.2, 0.25) is 0 Å². The molecule has 1 aromatic heterocycles. The smallest absolute Gasteiger partial charge is 0.0688 e. The molecule has 1 heterocycles. The van der Waals surface area contributed by atoms with E-state index in [1.54, 1.807) is 11.3 Å². The second-order valence-corrected chi connectivity index (χ2v) is 4.21. The number of rotatable bonds is 2. The van der Waals surface area contributed by atoms with Gasteiger partial charge in [-0.25, -0.2) is 0 Å². The first-order valence-corrected chi connectivity index (χ1v) is 5.43. The van der Waals surface area contributed by atoms with Crippen molar-refractivity contribution in [1.82, 2.24) is 0 Å². The lowest BCUT2D eigenvalue weighted by Gasteiger charge is -2.03. The van der Waals surface area contributed by atoms with Crippen LogP contribution in [0.3, 0.4) is 0 Å². The molecule has 2 heteroatoms. The van der Waals surface area contributed by atoms with Crippen molar-refractivity contribution in [3.8, 4) is 10.4 Å². The highest BCUT2D eigenvalue weighted by molar-refractivity contribution is 7.13. The van der Waals surface area contributed by atoms with Gasteiger partial charge < -0.3 is 5.11 Å². The minimum atomic E-state index is 0.104. The van der Waals surface area contributed by atoms with Gasteiger partial charge in [-0.3, -0.25) is 0 Å². The fourth-order valence-electron chi connectivity index (χ4n) is 1.47. The van der Waals surface area contributed by atoms with E-state index < -0.39 is 0 Å². The lowest BCUT2D eigenvalue weighted by molar-refractivity contribution is 0.282. The molecule has 2 rings (SSSR count). The molecule has 72 valence electrons. The van der Waals surface area contributed by atoms with E-state index in [0.29, 0.717) is 0 Å². The van der Waals surface area contributed by atoms with Crippen LogP contribution in [0.2, 0.25) is 0 Å². The van der Waals surface area contributed by atoms with E-state index in [1.165, 1.54) is 10.4 Å². The molecule has 0 spiro atoms. The highest BCUT2D eigenvalue weighted by atomic mass is 32.1. The minimum Gasteiger partial charge on any atom is -0.392 e.